The normalized spacial score (nSPS) is 28.1. The second-order valence-electron chi connectivity index (χ2n) is 7.15. The van der Waals surface area contributed by atoms with Crippen molar-refractivity contribution in [1.29, 1.82) is 0 Å². The highest BCUT2D eigenvalue weighted by Gasteiger charge is 1.93. The first-order chi connectivity index (χ1) is 13.5. The van der Waals surface area contributed by atoms with E-state index in [4.69, 9.17) is 0 Å². The fraction of sp³-hybridized carbons (Fsp3) is 0.481. The number of allylic oxidation sites excluding steroid dienone is 14. The third-order valence-corrected chi connectivity index (χ3v) is 4.65. The lowest BCUT2D eigenvalue weighted by atomic mass is 10.0. The molecule has 0 spiro atoms. The lowest BCUT2D eigenvalue weighted by Gasteiger charge is -2.02. The molecule has 1 aliphatic rings. The molecule has 0 aliphatic heterocycles. The zero-order valence-corrected chi connectivity index (χ0v) is 17.2. The molecular formula is C27H39. The van der Waals surface area contributed by atoms with Gasteiger partial charge in [0, 0.05) is 0 Å². The molecule has 0 amide bonds. The summed E-state index contributed by atoms with van der Waals surface area (Å²) in [5, 5.41) is 0. The minimum atomic E-state index is 1.08. The summed E-state index contributed by atoms with van der Waals surface area (Å²) in [4.78, 5) is 0. The van der Waals surface area contributed by atoms with Crippen LogP contribution in [0.2, 0.25) is 0 Å². The third kappa shape index (κ3) is 18.8. The van der Waals surface area contributed by atoms with Gasteiger partial charge in [0.1, 0.15) is 0 Å². The maximum atomic E-state index is 3.36. The van der Waals surface area contributed by atoms with E-state index in [9.17, 15) is 0 Å². The van der Waals surface area contributed by atoms with Gasteiger partial charge in [-0.3, -0.25) is 0 Å². The predicted octanol–water partition coefficient (Wildman–Crippen LogP) is 8.77. The highest BCUT2D eigenvalue weighted by Crippen LogP contribution is 2.12. The minimum absolute atomic E-state index is 1.08. The van der Waals surface area contributed by atoms with E-state index in [1.165, 1.54) is 77.0 Å². The summed E-state index contributed by atoms with van der Waals surface area (Å²) < 4.78 is 0. The Bertz CT molecular complexity index is 462. The second-order valence-corrected chi connectivity index (χ2v) is 7.15. The molecule has 0 heterocycles. The molecule has 27 heavy (non-hydrogen) atoms. The Morgan fingerprint density at radius 1 is 0.370 bits per heavy atom. The molecule has 0 aromatic heterocycles. The van der Waals surface area contributed by atoms with Crippen LogP contribution in [0, 0.1) is 6.08 Å². The van der Waals surface area contributed by atoms with E-state index in [1.807, 2.05) is 30.4 Å². The summed E-state index contributed by atoms with van der Waals surface area (Å²) in [6, 6.07) is 0. The molecule has 0 N–H and O–H groups in total. The van der Waals surface area contributed by atoms with E-state index in [0.29, 0.717) is 0 Å². The van der Waals surface area contributed by atoms with Crippen LogP contribution in [0.4, 0.5) is 0 Å². The van der Waals surface area contributed by atoms with E-state index in [2.05, 4.69) is 54.7 Å². The van der Waals surface area contributed by atoms with E-state index >= 15 is 0 Å². The Morgan fingerprint density at radius 3 is 1.33 bits per heavy atom. The van der Waals surface area contributed by atoms with Crippen molar-refractivity contribution >= 4 is 0 Å². The van der Waals surface area contributed by atoms with Crippen molar-refractivity contribution in [2.24, 2.45) is 0 Å². The topological polar surface area (TPSA) is 0 Å². The summed E-state index contributed by atoms with van der Waals surface area (Å²) in [5.41, 5.74) is 0. The van der Waals surface area contributed by atoms with Crippen molar-refractivity contribution in [3.8, 4) is 0 Å². The average Bonchev–Trinajstić information content (AvgIpc) is 2.68. The van der Waals surface area contributed by atoms with Gasteiger partial charge in [-0.2, -0.15) is 0 Å². The van der Waals surface area contributed by atoms with Crippen LogP contribution >= 0.6 is 0 Å². The summed E-state index contributed by atoms with van der Waals surface area (Å²) in [6.45, 7) is 0. The zero-order chi connectivity index (χ0) is 19.1. The molecule has 0 saturated carbocycles. The Kier molecular flexibility index (Phi) is 17.6. The molecule has 0 atom stereocenters. The lowest BCUT2D eigenvalue weighted by molar-refractivity contribution is 0.547. The second kappa shape index (κ2) is 20.5. The Labute approximate surface area is 168 Å². The van der Waals surface area contributed by atoms with E-state index in [0.717, 1.165) is 6.42 Å². The first-order valence-corrected chi connectivity index (χ1v) is 11.1. The van der Waals surface area contributed by atoms with Crippen molar-refractivity contribution < 1.29 is 0 Å². The van der Waals surface area contributed by atoms with Gasteiger partial charge in [-0.1, -0.05) is 137 Å². The Morgan fingerprint density at radius 2 is 0.778 bits per heavy atom. The molecule has 0 bridgehead atoms. The molecule has 1 radical (unpaired) electrons. The molecule has 0 heteroatoms. The SMILES string of the molecule is [C]1=C/C=C/C=C/C=C/C=C\C=C\C=C\CCCCCCCCCCCCC/1. The fourth-order valence-corrected chi connectivity index (χ4v) is 3.04. The van der Waals surface area contributed by atoms with Gasteiger partial charge in [-0.05, 0) is 31.8 Å². The van der Waals surface area contributed by atoms with Crippen LogP contribution in [-0.2, 0) is 0 Å². The summed E-state index contributed by atoms with van der Waals surface area (Å²) in [6.07, 6.45) is 48.0. The fourth-order valence-electron chi connectivity index (χ4n) is 3.04. The van der Waals surface area contributed by atoms with Crippen molar-refractivity contribution in [1.82, 2.24) is 0 Å². The molecule has 1 aliphatic carbocycles. The predicted molar refractivity (Wildman–Crippen MR) is 123 cm³/mol. The number of rotatable bonds is 0. The van der Waals surface area contributed by atoms with E-state index < -0.39 is 0 Å². The Hall–Kier alpha value is -1.82. The zero-order valence-electron chi connectivity index (χ0n) is 17.2. The van der Waals surface area contributed by atoms with Gasteiger partial charge in [0.25, 0.3) is 0 Å². The van der Waals surface area contributed by atoms with Gasteiger partial charge in [0.05, 0.1) is 0 Å². The van der Waals surface area contributed by atoms with Crippen LogP contribution in [-0.4, -0.2) is 0 Å². The molecule has 0 saturated heterocycles. The van der Waals surface area contributed by atoms with Crippen molar-refractivity contribution in [2.45, 2.75) is 83.5 Å². The van der Waals surface area contributed by atoms with E-state index in [-0.39, 0.29) is 0 Å². The van der Waals surface area contributed by atoms with Crippen molar-refractivity contribution in [3.63, 3.8) is 0 Å². The summed E-state index contributed by atoms with van der Waals surface area (Å²) in [5.74, 6) is 0. The molecule has 1 rings (SSSR count). The van der Waals surface area contributed by atoms with Gasteiger partial charge < -0.3 is 0 Å². The number of hydrogen-bond acceptors (Lipinski definition) is 0. The Balaban J connectivity index is 2.32. The van der Waals surface area contributed by atoms with Crippen LogP contribution in [0.25, 0.3) is 0 Å². The van der Waals surface area contributed by atoms with E-state index in [1.54, 1.807) is 0 Å². The van der Waals surface area contributed by atoms with Crippen LogP contribution in [0.15, 0.2) is 79.0 Å². The van der Waals surface area contributed by atoms with Gasteiger partial charge in [-0.25, -0.2) is 0 Å². The first kappa shape index (κ1) is 23.2. The quantitative estimate of drug-likeness (QED) is 0.403. The van der Waals surface area contributed by atoms with Crippen LogP contribution < -0.4 is 0 Å². The summed E-state index contributed by atoms with van der Waals surface area (Å²) >= 11 is 0. The third-order valence-electron chi connectivity index (χ3n) is 4.65. The molecule has 0 unspecified atom stereocenters. The van der Waals surface area contributed by atoms with Gasteiger partial charge in [0.15, 0.2) is 0 Å². The van der Waals surface area contributed by atoms with Gasteiger partial charge in [-0.15, -0.1) is 0 Å². The van der Waals surface area contributed by atoms with Crippen LogP contribution in [0.3, 0.4) is 0 Å². The average molecular weight is 364 g/mol. The van der Waals surface area contributed by atoms with Crippen LogP contribution in [0.5, 0.6) is 0 Å². The lowest BCUT2D eigenvalue weighted by Crippen LogP contribution is -1.82. The first-order valence-electron chi connectivity index (χ1n) is 11.1. The maximum absolute atomic E-state index is 3.36. The van der Waals surface area contributed by atoms with Crippen LogP contribution in [0.1, 0.15) is 83.5 Å². The molecular weight excluding hydrogens is 324 g/mol. The molecule has 0 aromatic carbocycles. The largest absolute Gasteiger partial charge is 0.0845 e. The number of hydrogen-bond donors (Lipinski definition) is 0. The van der Waals surface area contributed by atoms with Crippen molar-refractivity contribution in [2.75, 3.05) is 0 Å². The van der Waals surface area contributed by atoms with Gasteiger partial charge >= 0.3 is 0 Å². The molecule has 0 fully saturated rings. The highest BCUT2D eigenvalue weighted by atomic mass is 14.0. The summed E-state index contributed by atoms with van der Waals surface area (Å²) in [7, 11) is 0. The molecule has 147 valence electrons. The maximum Gasteiger partial charge on any atom is -0.0276 e. The standard InChI is InChI=1S/C27H39/c1-2-4-6-8-10-12-14-16-18-20-22-24-26-27-25-23-21-19-17-15-13-11-9-7-5-3-1/h1-13H,14,16-27H2/b3-1+,4-2-,7-5+,8-6+,11-9+,12-10+,15-13?. The molecule has 0 aromatic rings. The minimum Gasteiger partial charge on any atom is -0.0845 e. The molecule has 0 nitrogen and oxygen atoms in total. The van der Waals surface area contributed by atoms with Gasteiger partial charge in [0.2, 0.25) is 0 Å². The monoisotopic (exact) mass is 363 g/mol. The smallest absolute Gasteiger partial charge is 0.0276 e. The van der Waals surface area contributed by atoms with Crippen molar-refractivity contribution in [3.05, 3.63) is 85.1 Å². The highest BCUT2D eigenvalue weighted by molar-refractivity contribution is 5.20.